The van der Waals surface area contributed by atoms with Crippen molar-refractivity contribution < 1.29 is 9.18 Å². The molecule has 0 saturated carbocycles. The van der Waals surface area contributed by atoms with Crippen LogP contribution in [0.2, 0.25) is 0 Å². The number of hydrogen-bond acceptors (Lipinski definition) is 3. The molecule has 1 amide bonds. The number of nitrogens with zero attached hydrogens (tertiary/aromatic N) is 2. The van der Waals surface area contributed by atoms with Gasteiger partial charge in [0.15, 0.2) is 0 Å². The zero-order valence-electron chi connectivity index (χ0n) is 11.2. The maximum absolute atomic E-state index is 13.5. The van der Waals surface area contributed by atoms with Gasteiger partial charge in [0, 0.05) is 18.6 Å². The number of carbonyl (C=O) groups is 1. The molecule has 0 unspecified atom stereocenters. The highest BCUT2D eigenvalue weighted by molar-refractivity contribution is 7.12. The summed E-state index contributed by atoms with van der Waals surface area (Å²) >= 11 is 1.20. The van der Waals surface area contributed by atoms with Gasteiger partial charge in [0.05, 0.1) is 0 Å². The minimum atomic E-state index is -0.381. The lowest BCUT2D eigenvalue weighted by molar-refractivity contribution is 0.0493. The average molecular weight is 282 g/mol. The quantitative estimate of drug-likeness (QED) is 0.790. The summed E-state index contributed by atoms with van der Waals surface area (Å²) in [5.41, 5.74) is 0.296. The van der Waals surface area contributed by atoms with Crippen LogP contribution in [-0.2, 0) is 0 Å². The lowest BCUT2D eigenvalue weighted by atomic mass is 9.85. The standard InChI is InChI=1S/C14H19FN2OS/c1-16-7-2-4-14(16)5-8-17(9-6-14)13(18)12-11(15)3-10-19-12/h3,10H,2,4-9H2,1H3. The van der Waals surface area contributed by atoms with Gasteiger partial charge in [-0.2, -0.15) is 0 Å². The van der Waals surface area contributed by atoms with Crippen LogP contribution in [-0.4, -0.2) is 47.9 Å². The van der Waals surface area contributed by atoms with Crippen LogP contribution in [0.1, 0.15) is 35.4 Å². The number of halogens is 1. The van der Waals surface area contributed by atoms with Crippen molar-refractivity contribution in [1.29, 1.82) is 0 Å². The fourth-order valence-corrected chi connectivity index (χ4v) is 4.16. The van der Waals surface area contributed by atoms with E-state index >= 15 is 0 Å². The number of likely N-dealkylation sites (tertiary alicyclic amines) is 2. The van der Waals surface area contributed by atoms with Crippen LogP contribution in [0.3, 0.4) is 0 Å². The number of hydrogen-bond donors (Lipinski definition) is 0. The molecule has 2 aliphatic heterocycles. The Morgan fingerprint density at radius 1 is 1.32 bits per heavy atom. The van der Waals surface area contributed by atoms with Crippen molar-refractivity contribution in [3.8, 4) is 0 Å². The first-order valence-corrected chi connectivity index (χ1v) is 7.74. The molecule has 0 atom stereocenters. The molecule has 0 radical (unpaired) electrons. The van der Waals surface area contributed by atoms with Crippen LogP contribution in [0.15, 0.2) is 11.4 Å². The summed E-state index contributed by atoms with van der Waals surface area (Å²) < 4.78 is 13.5. The Morgan fingerprint density at radius 2 is 2.05 bits per heavy atom. The van der Waals surface area contributed by atoms with Crippen LogP contribution in [0.5, 0.6) is 0 Å². The topological polar surface area (TPSA) is 23.6 Å². The van der Waals surface area contributed by atoms with Crippen LogP contribution < -0.4 is 0 Å². The van der Waals surface area contributed by atoms with Crippen molar-refractivity contribution in [1.82, 2.24) is 9.80 Å². The molecule has 3 heterocycles. The highest BCUT2D eigenvalue weighted by Crippen LogP contribution is 2.37. The monoisotopic (exact) mass is 282 g/mol. The van der Waals surface area contributed by atoms with E-state index in [0.29, 0.717) is 5.54 Å². The Kier molecular flexibility index (Phi) is 3.35. The van der Waals surface area contributed by atoms with Gasteiger partial charge in [-0.05, 0) is 50.7 Å². The zero-order chi connectivity index (χ0) is 13.5. The molecule has 104 valence electrons. The van der Waals surface area contributed by atoms with Gasteiger partial charge >= 0.3 is 0 Å². The fourth-order valence-electron chi connectivity index (χ4n) is 3.42. The lowest BCUT2D eigenvalue weighted by Gasteiger charge is -2.43. The summed E-state index contributed by atoms with van der Waals surface area (Å²) in [7, 11) is 2.18. The van der Waals surface area contributed by atoms with Crippen molar-refractivity contribution in [2.45, 2.75) is 31.2 Å². The third-order valence-corrected chi connectivity index (χ3v) is 5.62. The minimum absolute atomic E-state index is 0.136. The van der Waals surface area contributed by atoms with E-state index < -0.39 is 0 Å². The largest absolute Gasteiger partial charge is 0.338 e. The van der Waals surface area contributed by atoms with Gasteiger partial charge in [0.1, 0.15) is 10.7 Å². The van der Waals surface area contributed by atoms with Gasteiger partial charge in [0.2, 0.25) is 0 Å². The Hall–Kier alpha value is -0.940. The molecule has 2 fully saturated rings. The van der Waals surface area contributed by atoms with Crippen molar-refractivity contribution in [3.63, 3.8) is 0 Å². The summed E-state index contributed by atoms with van der Waals surface area (Å²) in [6.07, 6.45) is 4.52. The second-order valence-electron chi connectivity index (χ2n) is 5.64. The Labute approximate surface area is 117 Å². The zero-order valence-corrected chi connectivity index (χ0v) is 12.0. The number of piperidine rings is 1. The van der Waals surface area contributed by atoms with Gasteiger partial charge < -0.3 is 9.80 Å². The van der Waals surface area contributed by atoms with E-state index in [1.54, 1.807) is 5.38 Å². The van der Waals surface area contributed by atoms with Crippen LogP contribution in [0, 0.1) is 5.82 Å². The fraction of sp³-hybridized carbons (Fsp3) is 0.643. The third-order valence-electron chi connectivity index (χ3n) is 4.74. The number of thiophene rings is 1. The Balaban J connectivity index is 1.67. The van der Waals surface area contributed by atoms with Gasteiger partial charge in [0.25, 0.3) is 5.91 Å². The van der Waals surface area contributed by atoms with Crippen molar-refractivity contribution >= 4 is 17.2 Å². The normalized spacial score (nSPS) is 23.2. The average Bonchev–Trinajstić information content (AvgIpc) is 2.98. The van der Waals surface area contributed by atoms with Crippen molar-refractivity contribution in [3.05, 3.63) is 22.1 Å². The molecule has 1 spiro atoms. The second kappa shape index (κ2) is 4.87. The lowest BCUT2D eigenvalue weighted by Crippen LogP contribution is -2.51. The Bertz CT molecular complexity index is 480. The summed E-state index contributed by atoms with van der Waals surface area (Å²) in [6.45, 7) is 2.66. The first kappa shape index (κ1) is 13.1. The minimum Gasteiger partial charge on any atom is -0.338 e. The molecule has 19 heavy (non-hydrogen) atoms. The Morgan fingerprint density at radius 3 is 2.58 bits per heavy atom. The molecule has 3 rings (SSSR count). The smallest absolute Gasteiger partial charge is 0.266 e. The molecular weight excluding hydrogens is 263 g/mol. The van der Waals surface area contributed by atoms with E-state index in [9.17, 15) is 9.18 Å². The molecule has 0 aromatic carbocycles. The summed E-state index contributed by atoms with van der Waals surface area (Å²) in [6, 6.07) is 1.37. The van der Waals surface area contributed by atoms with Gasteiger partial charge in [-0.25, -0.2) is 4.39 Å². The first-order valence-electron chi connectivity index (χ1n) is 6.86. The first-order chi connectivity index (χ1) is 9.12. The predicted octanol–water partition coefficient (Wildman–Crippen LogP) is 2.59. The number of rotatable bonds is 1. The van der Waals surface area contributed by atoms with Gasteiger partial charge in [-0.1, -0.05) is 0 Å². The van der Waals surface area contributed by atoms with E-state index in [-0.39, 0.29) is 16.6 Å². The SMILES string of the molecule is CN1CCCC12CCN(C(=O)c1sccc1F)CC2. The molecule has 0 aliphatic carbocycles. The maximum atomic E-state index is 13.5. The molecule has 2 saturated heterocycles. The highest BCUT2D eigenvalue weighted by Gasteiger charge is 2.42. The highest BCUT2D eigenvalue weighted by atomic mass is 32.1. The van der Waals surface area contributed by atoms with E-state index in [1.165, 1.54) is 30.2 Å². The molecule has 1 aromatic rings. The second-order valence-corrected chi connectivity index (χ2v) is 6.56. The molecule has 5 heteroatoms. The van der Waals surface area contributed by atoms with Gasteiger partial charge in [-0.15, -0.1) is 11.3 Å². The van der Waals surface area contributed by atoms with Crippen molar-refractivity contribution in [2.24, 2.45) is 0 Å². The third kappa shape index (κ3) is 2.19. The number of carbonyl (C=O) groups excluding carboxylic acids is 1. The molecule has 3 nitrogen and oxygen atoms in total. The molecule has 0 N–H and O–H groups in total. The van der Waals surface area contributed by atoms with E-state index in [0.717, 1.165) is 32.5 Å². The predicted molar refractivity (Wildman–Crippen MR) is 74.0 cm³/mol. The maximum Gasteiger partial charge on any atom is 0.266 e. The van der Waals surface area contributed by atoms with Crippen LogP contribution in [0.4, 0.5) is 4.39 Å². The van der Waals surface area contributed by atoms with E-state index in [2.05, 4.69) is 11.9 Å². The molecule has 1 aromatic heterocycles. The molecule has 0 bridgehead atoms. The van der Waals surface area contributed by atoms with Crippen LogP contribution in [0.25, 0.3) is 0 Å². The van der Waals surface area contributed by atoms with Crippen molar-refractivity contribution in [2.75, 3.05) is 26.7 Å². The van der Waals surface area contributed by atoms with Crippen LogP contribution >= 0.6 is 11.3 Å². The molecular formula is C14H19FN2OS. The van der Waals surface area contributed by atoms with E-state index in [4.69, 9.17) is 0 Å². The molecule has 2 aliphatic rings. The summed E-state index contributed by atoms with van der Waals surface area (Å²) in [5, 5.41) is 1.64. The van der Waals surface area contributed by atoms with E-state index in [1.807, 2.05) is 4.90 Å². The summed E-state index contributed by atoms with van der Waals surface area (Å²) in [4.78, 5) is 16.8. The number of amides is 1. The van der Waals surface area contributed by atoms with Gasteiger partial charge in [-0.3, -0.25) is 4.79 Å². The summed E-state index contributed by atoms with van der Waals surface area (Å²) in [5.74, 6) is -0.517.